The van der Waals surface area contributed by atoms with Crippen molar-refractivity contribution in [2.75, 3.05) is 50.8 Å². The summed E-state index contributed by atoms with van der Waals surface area (Å²) in [7, 11) is 1.01. The Morgan fingerprint density at radius 1 is 1.18 bits per heavy atom. The van der Waals surface area contributed by atoms with E-state index in [0.29, 0.717) is 40.8 Å². The van der Waals surface area contributed by atoms with E-state index in [9.17, 15) is 4.57 Å². The van der Waals surface area contributed by atoms with Crippen LogP contribution in [-0.4, -0.2) is 59.9 Å². The number of ether oxygens (including phenoxy) is 2. The van der Waals surface area contributed by atoms with E-state index in [2.05, 4.69) is 42.0 Å². The number of nitrogens with zero attached hydrogens (tertiary/aromatic N) is 4. The van der Waals surface area contributed by atoms with Gasteiger partial charge in [0.1, 0.15) is 18.7 Å². The average Bonchev–Trinajstić information content (AvgIpc) is 3.36. The van der Waals surface area contributed by atoms with Gasteiger partial charge >= 0.3 is 0 Å². The number of anilines is 4. The van der Waals surface area contributed by atoms with Gasteiger partial charge in [0.15, 0.2) is 0 Å². The summed E-state index contributed by atoms with van der Waals surface area (Å²) in [5.74, 6) is 1.54. The molecule has 12 heteroatoms. The molecule has 39 heavy (non-hydrogen) atoms. The predicted molar refractivity (Wildman–Crippen MR) is 159 cm³/mol. The number of morpholine rings is 1. The van der Waals surface area contributed by atoms with Crippen LogP contribution in [0.15, 0.2) is 59.5 Å². The summed E-state index contributed by atoms with van der Waals surface area (Å²) >= 11 is 3.54. The van der Waals surface area contributed by atoms with Crippen molar-refractivity contribution in [1.29, 1.82) is 0 Å². The van der Waals surface area contributed by atoms with Crippen molar-refractivity contribution in [3.05, 3.63) is 65.0 Å². The van der Waals surface area contributed by atoms with Crippen LogP contribution in [0.3, 0.4) is 0 Å². The maximum Gasteiger partial charge on any atom is 0.229 e. The highest BCUT2D eigenvalue weighted by Crippen LogP contribution is 2.41. The fourth-order valence-electron chi connectivity index (χ4n) is 4.52. The Bertz CT molecular complexity index is 1530. The van der Waals surface area contributed by atoms with Gasteiger partial charge in [-0.3, -0.25) is 4.68 Å². The lowest BCUT2D eigenvalue weighted by molar-refractivity contribution is 0.0279. The van der Waals surface area contributed by atoms with Gasteiger partial charge in [-0.2, -0.15) is 10.1 Å². The molecule has 1 fully saturated rings. The van der Waals surface area contributed by atoms with Crippen molar-refractivity contribution in [3.8, 4) is 16.9 Å². The number of hydrogen-bond acceptors (Lipinski definition) is 9. The zero-order valence-corrected chi connectivity index (χ0v) is 24.7. The molecule has 1 atom stereocenters. The van der Waals surface area contributed by atoms with Gasteiger partial charge in [0.25, 0.3) is 0 Å². The Morgan fingerprint density at radius 2 is 2.00 bits per heavy atom. The molecule has 10 nitrogen and oxygen atoms in total. The minimum absolute atomic E-state index is 0.121. The quantitative estimate of drug-likeness (QED) is 0.236. The second-order valence-corrected chi connectivity index (χ2v) is 13.7. The summed E-state index contributed by atoms with van der Waals surface area (Å²) in [6.45, 7) is 5.67. The zero-order chi connectivity index (χ0) is 27.6. The molecule has 204 valence electrons. The topological polar surface area (TPSA) is 115 Å². The van der Waals surface area contributed by atoms with Crippen LogP contribution >= 0.6 is 23.1 Å². The fourth-order valence-corrected chi connectivity index (χ4v) is 5.96. The van der Waals surface area contributed by atoms with Gasteiger partial charge in [-0.15, -0.1) is 0 Å². The fraction of sp³-hybridized carbons (Fsp3) is 0.296. The Balaban J connectivity index is 1.51. The molecular formula is C27H31BrN7O3P. The number of rotatable bonds is 8. The maximum absolute atomic E-state index is 12.9. The first-order valence-electron chi connectivity index (χ1n) is 12.5. The van der Waals surface area contributed by atoms with Crippen molar-refractivity contribution in [3.63, 3.8) is 0 Å². The van der Waals surface area contributed by atoms with E-state index in [4.69, 9.17) is 14.5 Å². The molecule has 0 amide bonds. The second kappa shape index (κ2) is 11.5. The number of aryl methyl sites for hydroxylation is 1. The first-order valence-corrected chi connectivity index (χ1v) is 15.9. The molecule has 0 spiro atoms. The van der Waals surface area contributed by atoms with Crippen LogP contribution in [0.1, 0.15) is 11.7 Å². The summed E-state index contributed by atoms with van der Waals surface area (Å²) in [6.07, 6.45) is 5.36. The highest BCUT2D eigenvalue weighted by Gasteiger charge is 2.24. The molecule has 0 radical (unpaired) electrons. The van der Waals surface area contributed by atoms with Crippen molar-refractivity contribution in [2.45, 2.75) is 6.10 Å². The van der Waals surface area contributed by atoms with E-state index in [-0.39, 0.29) is 6.10 Å². The molecule has 1 unspecified atom stereocenters. The van der Waals surface area contributed by atoms with E-state index in [0.717, 1.165) is 34.2 Å². The van der Waals surface area contributed by atoms with Gasteiger partial charge in [-0.1, -0.05) is 12.1 Å². The first kappa shape index (κ1) is 27.3. The zero-order valence-electron chi connectivity index (χ0n) is 22.2. The largest absolute Gasteiger partial charge is 0.495 e. The van der Waals surface area contributed by atoms with Crippen LogP contribution < -0.4 is 26.0 Å². The predicted octanol–water partition coefficient (Wildman–Crippen LogP) is 5.04. The summed E-state index contributed by atoms with van der Waals surface area (Å²) in [6, 6.07) is 11.5. The number of methoxy groups -OCH3 is 1. The highest BCUT2D eigenvalue weighted by atomic mass is 79.9. The molecule has 4 aromatic rings. The van der Waals surface area contributed by atoms with Crippen molar-refractivity contribution in [1.82, 2.24) is 25.1 Å². The molecule has 1 aliphatic heterocycles. The Labute approximate surface area is 236 Å². The molecule has 0 bridgehead atoms. The molecule has 2 aromatic carbocycles. The number of nitrogens with one attached hydrogen (secondary N) is 3. The van der Waals surface area contributed by atoms with Gasteiger partial charge < -0.3 is 30.0 Å². The first-order chi connectivity index (χ1) is 18.7. The third kappa shape index (κ3) is 6.17. The van der Waals surface area contributed by atoms with Gasteiger partial charge in [-0.05, 0) is 64.7 Å². The molecule has 0 aliphatic carbocycles. The van der Waals surface area contributed by atoms with Crippen molar-refractivity contribution >= 4 is 51.5 Å². The Morgan fingerprint density at radius 3 is 2.69 bits per heavy atom. The Hall–Kier alpha value is -3.24. The lowest BCUT2D eigenvalue weighted by Crippen LogP contribution is -2.33. The van der Waals surface area contributed by atoms with Crippen LogP contribution in [0.2, 0.25) is 0 Å². The minimum Gasteiger partial charge on any atom is -0.495 e. The number of para-hydroxylation sites is 1. The highest BCUT2D eigenvalue weighted by molar-refractivity contribution is 9.10. The lowest BCUT2D eigenvalue weighted by Gasteiger charge is -2.27. The monoisotopic (exact) mass is 611 g/mol. The van der Waals surface area contributed by atoms with Crippen molar-refractivity contribution in [2.24, 2.45) is 7.05 Å². The Kier molecular flexibility index (Phi) is 8.04. The molecule has 2 aromatic heterocycles. The molecular weight excluding hydrogens is 581 g/mol. The number of benzene rings is 2. The van der Waals surface area contributed by atoms with Crippen LogP contribution in [0.4, 0.5) is 23.1 Å². The smallest absolute Gasteiger partial charge is 0.229 e. The summed E-state index contributed by atoms with van der Waals surface area (Å²) in [5.41, 5.74) is 4.39. The molecule has 1 aliphatic rings. The van der Waals surface area contributed by atoms with Crippen molar-refractivity contribution < 1.29 is 14.0 Å². The van der Waals surface area contributed by atoms with E-state index in [1.807, 2.05) is 55.8 Å². The molecule has 0 saturated carbocycles. The number of aromatic nitrogens is 4. The number of hydrogen-bond donors (Lipinski definition) is 3. The molecule has 1 saturated heterocycles. The normalized spacial score (nSPS) is 15.7. The van der Waals surface area contributed by atoms with Crippen LogP contribution in [0.25, 0.3) is 11.1 Å². The van der Waals surface area contributed by atoms with Gasteiger partial charge in [0.05, 0.1) is 41.9 Å². The average molecular weight is 612 g/mol. The standard InChI is InChI=1S/C27H31BrN7O3P/c1-35-16-17(13-31-35)18-11-22(23(37-2)12-19(18)24-15-29-9-10-38-24)33-27-30-14-20(28)26(34-27)32-21-7-5-6-8-25(21)39(3,4)36/h5-8,11-14,16,24,29H,9-10,15H2,1-4H3,(H2,30,32,33,34). The van der Waals surface area contributed by atoms with E-state index in [1.54, 1.807) is 31.3 Å². The summed E-state index contributed by atoms with van der Waals surface area (Å²) in [5, 5.41) is 15.2. The number of halogens is 1. The molecule has 5 rings (SSSR count). The summed E-state index contributed by atoms with van der Waals surface area (Å²) < 4.78 is 27.2. The molecule has 3 heterocycles. The molecule has 3 N–H and O–H groups in total. The van der Waals surface area contributed by atoms with E-state index >= 15 is 0 Å². The van der Waals surface area contributed by atoms with Crippen LogP contribution in [-0.2, 0) is 16.3 Å². The third-order valence-electron chi connectivity index (χ3n) is 6.39. The SMILES string of the molecule is COc1cc(C2CNCCO2)c(-c2cnn(C)c2)cc1Nc1ncc(Br)c(Nc2ccccc2P(C)(C)=O)n1. The maximum atomic E-state index is 12.9. The summed E-state index contributed by atoms with van der Waals surface area (Å²) in [4.78, 5) is 9.17. The minimum atomic E-state index is -2.51. The third-order valence-corrected chi connectivity index (χ3v) is 8.52. The van der Waals surface area contributed by atoms with Gasteiger partial charge in [0, 0.05) is 43.4 Å². The van der Waals surface area contributed by atoms with Crippen LogP contribution in [0.5, 0.6) is 5.75 Å². The van der Waals surface area contributed by atoms with Gasteiger partial charge in [-0.25, -0.2) is 4.98 Å². The van der Waals surface area contributed by atoms with E-state index < -0.39 is 7.14 Å². The second-order valence-electron chi connectivity index (χ2n) is 9.61. The van der Waals surface area contributed by atoms with E-state index in [1.165, 1.54) is 0 Å². The van der Waals surface area contributed by atoms with Gasteiger partial charge in [0.2, 0.25) is 5.95 Å². The van der Waals surface area contributed by atoms with Crippen LogP contribution in [0, 0.1) is 0 Å². The lowest BCUT2D eigenvalue weighted by atomic mass is 9.96.